The summed E-state index contributed by atoms with van der Waals surface area (Å²) in [6.07, 6.45) is 3.17. The first-order valence-electron chi connectivity index (χ1n) is 9.33. The summed E-state index contributed by atoms with van der Waals surface area (Å²) in [7, 11) is -2.03. The molecule has 6 heteroatoms. The van der Waals surface area contributed by atoms with Gasteiger partial charge in [0, 0.05) is 12.6 Å². The zero-order chi connectivity index (χ0) is 19.7. The molecule has 0 aromatic heterocycles. The fraction of sp³-hybridized carbons (Fsp3) is 0.429. The molecule has 0 spiro atoms. The molecule has 0 bridgehead atoms. The van der Waals surface area contributed by atoms with Gasteiger partial charge >= 0.3 is 0 Å². The average Bonchev–Trinajstić information content (AvgIpc) is 2.69. The van der Waals surface area contributed by atoms with Crippen LogP contribution in [-0.4, -0.2) is 38.2 Å². The van der Waals surface area contributed by atoms with Crippen LogP contribution in [0.2, 0.25) is 0 Å². The van der Waals surface area contributed by atoms with E-state index in [1.807, 2.05) is 30.3 Å². The second kappa shape index (κ2) is 10.7. The molecule has 0 heterocycles. The molecule has 2 aromatic carbocycles. The first-order valence-corrected chi connectivity index (χ1v) is 11.4. The van der Waals surface area contributed by atoms with Gasteiger partial charge in [-0.15, -0.1) is 0 Å². The quantitative estimate of drug-likeness (QED) is 0.561. The monoisotopic (exact) mass is 407 g/mol. The van der Waals surface area contributed by atoms with Crippen molar-refractivity contribution in [2.75, 3.05) is 19.4 Å². The number of nitrogens with zero attached hydrogens (tertiary/aromatic N) is 1. The fourth-order valence-corrected chi connectivity index (χ4v) is 5.16. The Morgan fingerprint density at radius 1 is 1.04 bits per heavy atom. The Labute approximate surface area is 169 Å². The maximum atomic E-state index is 13.4. The number of hydrogen-bond donors (Lipinski definition) is 1. The minimum absolute atomic E-state index is 0.0525. The van der Waals surface area contributed by atoms with Crippen LogP contribution in [0.3, 0.4) is 0 Å². The van der Waals surface area contributed by atoms with Gasteiger partial charge < -0.3 is 4.74 Å². The SMILES string of the molecule is CCCC(CCS)N(CCc1ccccc1)S(=O)(=O)c1ccc(OC)cc1. The first-order chi connectivity index (χ1) is 13.0. The number of sulfonamides is 1. The van der Waals surface area contributed by atoms with Gasteiger partial charge in [0.2, 0.25) is 10.0 Å². The number of hydrogen-bond acceptors (Lipinski definition) is 4. The third-order valence-corrected chi connectivity index (χ3v) is 6.85. The standard InChI is InChI=1S/C21H29NO3S2/c1-3-7-19(15-17-26)22(16-14-18-8-5-4-6-9-18)27(23,24)21-12-10-20(25-2)11-13-21/h4-6,8-13,19,26H,3,7,14-17H2,1-2H3. The molecule has 0 N–H and O–H groups in total. The highest BCUT2D eigenvalue weighted by Crippen LogP contribution is 2.25. The number of methoxy groups -OCH3 is 1. The lowest BCUT2D eigenvalue weighted by atomic mass is 10.1. The molecule has 27 heavy (non-hydrogen) atoms. The smallest absolute Gasteiger partial charge is 0.243 e. The predicted molar refractivity (Wildman–Crippen MR) is 114 cm³/mol. The van der Waals surface area contributed by atoms with Crippen LogP contribution >= 0.6 is 12.6 Å². The normalized spacial score (nSPS) is 12.9. The summed E-state index contributed by atoms with van der Waals surface area (Å²) >= 11 is 4.36. The molecule has 1 atom stereocenters. The molecular weight excluding hydrogens is 378 g/mol. The lowest BCUT2D eigenvalue weighted by Gasteiger charge is -2.31. The molecule has 0 aliphatic rings. The molecular formula is C21H29NO3S2. The largest absolute Gasteiger partial charge is 0.497 e. The van der Waals surface area contributed by atoms with Crippen LogP contribution < -0.4 is 4.74 Å². The highest BCUT2D eigenvalue weighted by Gasteiger charge is 2.30. The van der Waals surface area contributed by atoms with Gasteiger partial charge in [0.15, 0.2) is 0 Å². The van der Waals surface area contributed by atoms with Gasteiger partial charge in [-0.1, -0.05) is 43.7 Å². The van der Waals surface area contributed by atoms with E-state index >= 15 is 0 Å². The highest BCUT2D eigenvalue weighted by molar-refractivity contribution is 7.89. The van der Waals surface area contributed by atoms with Crippen molar-refractivity contribution in [3.63, 3.8) is 0 Å². The summed E-state index contributed by atoms with van der Waals surface area (Å²) in [5.74, 6) is 1.30. The van der Waals surface area contributed by atoms with E-state index in [0.717, 1.165) is 24.8 Å². The highest BCUT2D eigenvalue weighted by atomic mass is 32.2. The van der Waals surface area contributed by atoms with Crippen molar-refractivity contribution in [2.24, 2.45) is 0 Å². The molecule has 0 saturated heterocycles. The Morgan fingerprint density at radius 2 is 1.70 bits per heavy atom. The number of benzene rings is 2. The Balaban J connectivity index is 2.32. The third-order valence-electron chi connectivity index (χ3n) is 4.62. The summed E-state index contributed by atoms with van der Waals surface area (Å²) in [5, 5.41) is 0. The van der Waals surface area contributed by atoms with Gasteiger partial charge in [-0.25, -0.2) is 8.42 Å². The van der Waals surface area contributed by atoms with Crippen LogP contribution in [0, 0.1) is 0 Å². The van der Waals surface area contributed by atoms with Crippen molar-refractivity contribution >= 4 is 22.7 Å². The van der Waals surface area contributed by atoms with Crippen LogP contribution in [-0.2, 0) is 16.4 Å². The van der Waals surface area contributed by atoms with Gasteiger partial charge in [0.05, 0.1) is 12.0 Å². The molecule has 148 valence electrons. The topological polar surface area (TPSA) is 46.6 Å². The fourth-order valence-electron chi connectivity index (χ4n) is 3.18. The lowest BCUT2D eigenvalue weighted by molar-refractivity contribution is 0.298. The summed E-state index contributed by atoms with van der Waals surface area (Å²) in [5.41, 5.74) is 1.13. The summed E-state index contributed by atoms with van der Waals surface area (Å²) in [6.45, 7) is 2.54. The van der Waals surface area contributed by atoms with Crippen LogP contribution in [0.15, 0.2) is 59.5 Å². The molecule has 2 rings (SSSR count). The Hall–Kier alpha value is -1.50. The minimum atomic E-state index is -3.60. The average molecular weight is 408 g/mol. The molecule has 0 amide bonds. The van der Waals surface area contributed by atoms with E-state index in [1.165, 1.54) is 0 Å². The number of ether oxygens (including phenoxy) is 1. The summed E-state index contributed by atoms with van der Waals surface area (Å²) in [4.78, 5) is 0.302. The molecule has 4 nitrogen and oxygen atoms in total. The van der Waals surface area contributed by atoms with Crippen molar-refractivity contribution in [3.05, 3.63) is 60.2 Å². The second-order valence-corrected chi connectivity index (χ2v) is 8.82. The maximum absolute atomic E-state index is 13.4. The van der Waals surface area contributed by atoms with Gasteiger partial charge in [-0.2, -0.15) is 16.9 Å². The lowest BCUT2D eigenvalue weighted by Crippen LogP contribution is -2.42. The summed E-state index contributed by atoms with van der Waals surface area (Å²) in [6, 6.07) is 16.6. The maximum Gasteiger partial charge on any atom is 0.243 e. The van der Waals surface area contributed by atoms with E-state index in [9.17, 15) is 8.42 Å². The Kier molecular flexibility index (Phi) is 8.67. The molecule has 2 aromatic rings. The number of thiol groups is 1. The predicted octanol–water partition coefficient (Wildman–Crippen LogP) is 4.42. The molecule has 0 aliphatic heterocycles. The zero-order valence-corrected chi connectivity index (χ0v) is 17.8. The molecule has 0 aliphatic carbocycles. The van der Waals surface area contributed by atoms with Crippen molar-refractivity contribution < 1.29 is 13.2 Å². The molecule has 0 radical (unpaired) electrons. The first kappa shape index (κ1) is 21.8. The van der Waals surface area contributed by atoms with Crippen molar-refractivity contribution in [1.82, 2.24) is 4.31 Å². The van der Waals surface area contributed by atoms with Crippen LogP contribution in [0.5, 0.6) is 5.75 Å². The van der Waals surface area contributed by atoms with Crippen LogP contribution in [0.1, 0.15) is 31.7 Å². The Bertz CT molecular complexity index is 771. The Morgan fingerprint density at radius 3 is 2.26 bits per heavy atom. The third kappa shape index (κ3) is 5.99. The molecule has 1 unspecified atom stereocenters. The molecule has 0 saturated carbocycles. The van der Waals surface area contributed by atoms with Crippen molar-refractivity contribution in [1.29, 1.82) is 0 Å². The van der Waals surface area contributed by atoms with E-state index in [1.54, 1.807) is 35.7 Å². The number of rotatable bonds is 11. The second-order valence-electron chi connectivity index (χ2n) is 6.48. The van der Waals surface area contributed by atoms with Gasteiger partial charge in [0.25, 0.3) is 0 Å². The van der Waals surface area contributed by atoms with Gasteiger partial charge in [0.1, 0.15) is 5.75 Å². The zero-order valence-electron chi connectivity index (χ0n) is 16.0. The van der Waals surface area contributed by atoms with E-state index in [4.69, 9.17) is 4.74 Å². The molecule has 0 fully saturated rings. The van der Waals surface area contributed by atoms with Gasteiger partial charge in [-0.05, 0) is 54.8 Å². The van der Waals surface area contributed by atoms with E-state index < -0.39 is 10.0 Å². The van der Waals surface area contributed by atoms with E-state index in [0.29, 0.717) is 29.4 Å². The van der Waals surface area contributed by atoms with Crippen molar-refractivity contribution in [2.45, 2.75) is 43.5 Å². The van der Waals surface area contributed by atoms with Gasteiger partial charge in [-0.3, -0.25) is 0 Å². The van der Waals surface area contributed by atoms with Crippen LogP contribution in [0.25, 0.3) is 0 Å². The van der Waals surface area contributed by atoms with E-state index in [2.05, 4.69) is 19.6 Å². The van der Waals surface area contributed by atoms with Crippen molar-refractivity contribution in [3.8, 4) is 5.75 Å². The van der Waals surface area contributed by atoms with Crippen LogP contribution in [0.4, 0.5) is 0 Å². The summed E-state index contributed by atoms with van der Waals surface area (Å²) < 4.78 is 33.6. The van der Waals surface area contributed by atoms with E-state index in [-0.39, 0.29) is 6.04 Å². The minimum Gasteiger partial charge on any atom is -0.497 e.